The van der Waals surface area contributed by atoms with Gasteiger partial charge in [-0.1, -0.05) is 36.4 Å². The van der Waals surface area contributed by atoms with Gasteiger partial charge in [-0.25, -0.2) is 0 Å². The quantitative estimate of drug-likeness (QED) is 0.296. The Hall–Kier alpha value is -3.20. The number of rotatable bonds is 6. The molecule has 0 heterocycles. The summed E-state index contributed by atoms with van der Waals surface area (Å²) in [5, 5.41) is 22.5. The Labute approximate surface area is 157 Å². The van der Waals surface area contributed by atoms with Gasteiger partial charge in [0.05, 0.1) is 15.4 Å². The molecule has 0 aliphatic heterocycles. The zero-order valence-electron chi connectivity index (χ0n) is 13.5. The first-order valence-electron chi connectivity index (χ1n) is 7.02. The predicted molar refractivity (Wildman–Crippen MR) is 96.1 cm³/mol. The van der Waals surface area contributed by atoms with E-state index in [0.717, 1.165) is 18.2 Å². The van der Waals surface area contributed by atoms with Crippen molar-refractivity contribution in [2.45, 2.75) is 0 Å². The highest BCUT2D eigenvalue weighted by Gasteiger charge is 2.38. The molecular weight excluding hydrogens is 420 g/mol. The SMILES string of the molecule is O=[N+]([O-])c1cccc(C(=C(c2ccccc2)S(=O)(=O)O)S(=O)(=O)O)c1[N+](=O)[O-]. The molecule has 0 saturated carbocycles. The van der Waals surface area contributed by atoms with Crippen LogP contribution in [0.1, 0.15) is 11.1 Å². The van der Waals surface area contributed by atoms with Crippen LogP contribution in [-0.2, 0) is 20.2 Å². The molecule has 0 aliphatic rings. The Bertz CT molecular complexity index is 1200. The highest BCUT2D eigenvalue weighted by atomic mass is 32.2. The molecule has 12 nitrogen and oxygen atoms in total. The molecule has 0 amide bonds. The van der Waals surface area contributed by atoms with Crippen molar-refractivity contribution in [2.75, 3.05) is 0 Å². The Morgan fingerprint density at radius 3 is 1.71 bits per heavy atom. The second-order valence-electron chi connectivity index (χ2n) is 5.16. The molecule has 28 heavy (non-hydrogen) atoms. The van der Waals surface area contributed by atoms with E-state index in [1.54, 1.807) is 0 Å². The summed E-state index contributed by atoms with van der Waals surface area (Å²) in [6, 6.07) is 8.32. The van der Waals surface area contributed by atoms with Crippen molar-refractivity contribution in [1.82, 2.24) is 0 Å². The van der Waals surface area contributed by atoms with Crippen molar-refractivity contribution in [3.8, 4) is 0 Å². The molecule has 2 N–H and O–H groups in total. The summed E-state index contributed by atoms with van der Waals surface area (Å²) in [6.45, 7) is 0. The van der Waals surface area contributed by atoms with Gasteiger partial charge in [-0.2, -0.15) is 16.8 Å². The molecule has 0 atom stereocenters. The molecule has 2 aromatic rings. The van der Waals surface area contributed by atoms with Gasteiger partial charge in [0.25, 0.3) is 20.2 Å². The molecule has 0 radical (unpaired) electrons. The van der Waals surface area contributed by atoms with Crippen LogP contribution in [0.15, 0.2) is 48.5 Å². The standard InChI is InChI=1S/C14H10N2O10S2/c17-15(18)11-8-4-7-10(12(11)16(19)20)14(28(24,25)26)13(27(21,22)23)9-5-2-1-3-6-9/h1-8H,(H,21,22,23)(H,24,25,26). The third-order valence-corrected chi connectivity index (χ3v) is 5.42. The van der Waals surface area contributed by atoms with Gasteiger partial charge in [-0.15, -0.1) is 0 Å². The normalized spacial score (nSPS) is 12.9. The molecule has 0 fully saturated rings. The smallest absolute Gasteiger partial charge is 0.282 e. The molecule has 0 aromatic heterocycles. The largest absolute Gasteiger partial charge is 0.354 e. The summed E-state index contributed by atoms with van der Waals surface area (Å²) < 4.78 is 67.0. The van der Waals surface area contributed by atoms with Gasteiger partial charge in [0.2, 0.25) is 0 Å². The van der Waals surface area contributed by atoms with E-state index in [2.05, 4.69) is 0 Å². The van der Waals surface area contributed by atoms with Crippen molar-refractivity contribution < 1.29 is 35.8 Å². The van der Waals surface area contributed by atoms with Crippen molar-refractivity contribution in [3.05, 3.63) is 79.9 Å². The van der Waals surface area contributed by atoms with E-state index in [0.29, 0.717) is 12.1 Å². The third kappa shape index (κ3) is 4.20. The summed E-state index contributed by atoms with van der Waals surface area (Å²) in [5.74, 6) is 0. The summed E-state index contributed by atoms with van der Waals surface area (Å²) in [7, 11) is -10.9. The summed E-state index contributed by atoms with van der Waals surface area (Å²) in [4.78, 5) is 17.0. The Kier molecular flexibility index (Phi) is 5.60. The maximum Gasteiger partial charge on any atom is 0.354 e. The van der Waals surface area contributed by atoms with Gasteiger partial charge in [0.15, 0.2) is 0 Å². The number of nitro benzene ring substituents is 2. The van der Waals surface area contributed by atoms with Crippen molar-refractivity contribution >= 4 is 41.4 Å². The minimum absolute atomic E-state index is 0.432. The lowest BCUT2D eigenvalue weighted by atomic mass is 10.1. The monoisotopic (exact) mass is 430 g/mol. The van der Waals surface area contributed by atoms with Crippen molar-refractivity contribution in [2.24, 2.45) is 0 Å². The van der Waals surface area contributed by atoms with Crippen LogP contribution < -0.4 is 0 Å². The van der Waals surface area contributed by atoms with E-state index >= 15 is 0 Å². The Balaban J connectivity index is 3.18. The van der Waals surface area contributed by atoms with E-state index in [1.165, 1.54) is 18.2 Å². The molecule has 2 rings (SSSR count). The highest BCUT2D eigenvalue weighted by Crippen LogP contribution is 2.41. The number of nitro groups is 2. The average Bonchev–Trinajstić information content (AvgIpc) is 2.57. The van der Waals surface area contributed by atoms with Crippen LogP contribution in [0.4, 0.5) is 11.4 Å². The number of benzene rings is 2. The molecular formula is C14H10N2O10S2. The fourth-order valence-corrected chi connectivity index (χ4v) is 4.62. The van der Waals surface area contributed by atoms with Crippen LogP contribution in [0, 0.1) is 20.2 Å². The fourth-order valence-electron chi connectivity index (χ4n) is 2.42. The maximum absolute atomic E-state index is 12.0. The Morgan fingerprint density at radius 1 is 0.750 bits per heavy atom. The maximum atomic E-state index is 12.0. The average molecular weight is 430 g/mol. The summed E-state index contributed by atoms with van der Waals surface area (Å²) in [5.41, 5.74) is -4.04. The molecule has 0 unspecified atom stereocenters. The molecule has 0 bridgehead atoms. The lowest BCUT2D eigenvalue weighted by molar-refractivity contribution is -0.422. The van der Waals surface area contributed by atoms with Gasteiger partial charge in [0.1, 0.15) is 9.81 Å². The second-order valence-corrected chi connectivity index (χ2v) is 7.88. The summed E-state index contributed by atoms with van der Waals surface area (Å²) in [6.07, 6.45) is 0. The van der Waals surface area contributed by atoms with Crippen LogP contribution in [0.2, 0.25) is 0 Å². The van der Waals surface area contributed by atoms with Gasteiger partial charge < -0.3 is 0 Å². The molecule has 0 aliphatic carbocycles. The van der Waals surface area contributed by atoms with Crippen LogP contribution in [0.25, 0.3) is 9.81 Å². The second kappa shape index (κ2) is 7.43. The first-order chi connectivity index (χ1) is 12.9. The van der Waals surface area contributed by atoms with Gasteiger partial charge in [-0.3, -0.25) is 29.3 Å². The zero-order chi connectivity index (χ0) is 21.3. The lowest BCUT2D eigenvalue weighted by Crippen LogP contribution is -2.13. The van der Waals surface area contributed by atoms with Crippen molar-refractivity contribution in [1.29, 1.82) is 0 Å². The van der Waals surface area contributed by atoms with E-state index in [-0.39, 0.29) is 0 Å². The minimum Gasteiger partial charge on any atom is -0.282 e. The lowest BCUT2D eigenvalue weighted by Gasteiger charge is -2.12. The molecule has 0 saturated heterocycles. The van der Waals surface area contributed by atoms with E-state index in [1.807, 2.05) is 0 Å². The topological polar surface area (TPSA) is 195 Å². The Morgan fingerprint density at radius 2 is 1.29 bits per heavy atom. The molecule has 0 spiro atoms. The van der Waals surface area contributed by atoms with E-state index in [4.69, 9.17) is 0 Å². The minimum atomic E-state index is -5.53. The first-order valence-corrected chi connectivity index (χ1v) is 9.90. The first kappa shape index (κ1) is 21.1. The van der Waals surface area contributed by atoms with Crippen LogP contribution in [0.3, 0.4) is 0 Å². The molecule has 2 aromatic carbocycles. The number of para-hydroxylation sites is 1. The molecule has 148 valence electrons. The van der Waals surface area contributed by atoms with E-state index in [9.17, 15) is 46.2 Å². The zero-order valence-corrected chi connectivity index (χ0v) is 15.1. The third-order valence-electron chi connectivity index (χ3n) is 3.40. The fraction of sp³-hybridized carbons (Fsp3) is 0. The molecule has 14 heteroatoms. The number of hydrogen-bond donors (Lipinski definition) is 2. The van der Waals surface area contributed by atoms with Crippen LogP contribution >= 0.6 is 0 Å². The van der Waals surface area contributed by atoms with Gasteiger partial charge in [-0.05, 0) is 11.6 Å². The number of hydrogen-bond acceptors (Lipinski definition) is 8. The highest BCUT2D eigenvalue weighted by molar-refractivity contribution is 8.01. The van der Waals surface area contributed by atoms with Crippen LogP contribution in [0.5, 0.6) is 0 Å². The van der Waals surface area contributed by atoms with Crippen molar-refractivity contribution in [3.63, 3.8) is 0 Å². The number of nitrogens with zero attached hydrogens (tertiary/aromatic N) is 2. The predicted octanol–water partition coefficient (Wildman–Crippen LogP) is 2.10. The summed E-state index contributed by atoms with van der Waals surface area (Å²) >= 11 is 0. The van der Waals surface area contributed by atoms with Crippen LogP contribution in [-0.4, -0.2) is 35.8 Å². The van der Waals surface area contributed by atoms with E-state index < -0.39 is 62.4 Å². The van der Waals surface area contributed by atoms with Gasteiger partial charge in [0, 0.05) is 6.07 Å². The van der Waals surface area contributed by atoms with Gasteiger partial charge >= 0.3 is 11.4 Å².